The van der Waals surface area contributed by atoms with Crippen molar-refractivity contribution in [1.82, 2.24) is 19.9 Å². The van der Waals surface area contributed by atoms with Crippen molar-refractivity contribution in [2.75, 3.05) is 6.61 Å². The molecule has 0 aliphatic carbocycles. The van der Waals surface area contributed by atoms with Crippen LogP contribution in [0, 0.1) is 13.8 Å². The number of thiophene rings is 1. The highest BCUT2D eigenvalue weighted by Crippen LogP contribution is 2.38. The number of carbonyl (C=O) groups excluding carboxylic acids is 3. The summed E-state index contributed by atoms with van der Waals surface area (Å²) in [4.78, 5) is 48.4. The van der Waals surface area contributed by atoms with Gasteiger partial charge in [0.2, 0.25) is 0 Å². The molecule has 0 unspecified atom stereocenters. The Labute approximate surface area is 198 Å². The van der Waals surface area contributed by atoms with Gasteiger partial charge >= 0.3 is 5.97 Å². The van der Waals surface area contributed by atoms with E-state index in [-0.39, 0.29) is 0 Å². The zero-order chi connectivity index (χ0) is 23.5. The number of aryl methyl sites for hydroxylation is 3. The molecule has 1 N–H and O–H groups in total. The predicted octanol–water partition coefficient (Wildman–Crippen LogP) is 3.91. The maximum Gasteiger partial charge on any atom is 0.339 e. The highest BCUT2D eigenvalue weighted by atomic mass is 32.2. The molecule has 0 saturated carbocycles. The molecule has 4 aromatic rings. The molecule has 4 rings (SSSR count). The van der Waals surface area contributed by atoms with Crippen LogP contribution in [0.1, 0.15) is 31.3 Å². The molecule has 0 aliphatic heterocycles. The van der Waals surface area contributed by atoms with Gasteiger partial charge in [0.05, 0.1) is 5.56 Å². The zero-order valence-corrected chi connectivity index (χ0v) is 19.8. The second-order valence-corrected chi connectivity index (χ2v) is 9.43. The molecule has 168 valence electrons. The molecule has 3 aromatic heterocycles. The maximum absolute atomic E-state index is 12.7. The van der Waals surface area contributed by atoms with Crippen molar-refractivity contribution < 1.29 is 19.1 Å². The number of esters is 1. The second-order valence-electron chi connectivity index (χ2n) is 7.20. The number of nitrogens with zero attached hydrogens (tertiary/aromatic N) is 3. The third-order valence-corrected chi connectivity index (χ3v) is 7.20. The minimum absolute atomic E-state index is 0.306. The van der Waals surface area contributed by atoms with Gasteiger partial charge in [-0.1, -0.05) is 23.9 Å². The molecule has 0 radical (unpaired) electrons. The Balaban J connectivity index is 1.46. The molecular weight excluding hydrogens is 460 g/mol. The molecule has 0 aliphatic rings. The molecule has 0 bridgehead atoms. The molecule has 0 atom stereocenters. The van der Waals surface area contributed by atoms with Crippen LogP contribution < -0.4 is 5.32 Å². The van der Waals surface area contributed by atoms with E-state index in [2.05, 4.69) is 15.3 Å². The summed E-state index contributed by atoms with van der Waals surface area (Å²) in [7, 11) is 1.69. The van der Waals surface area contributed by atoms with Crippen molar-refractivity contribution in [1.29, 1.82) is 0 Å². The van der Waals surface area contributed by atoms with Gasteiger partial charge in [0, 0.05) is 28.4 Å². The lowest BCUT2D eigenvalue weighted by Crippen LogP contribution is -2.35. The summed E-state index contributed by atoms with van der Waals surface area (Å²) in [5, 5.41) is 3.92. The lowest BCUT2D eigenvalue weighted by atomic mass is 10.2. The summed E-state index contributed by atoms with van der Waals surface area (Å²) in [6.07, 6.45) is 3.20. The average Bonchev–Trinajstić information content (AvgIpc) is 3.35. The van der Waals surface area contributed by atoms with Crippen LogP contribution in [0.3, 0.4) is 0 Å². The lowest BCUT2D eigenvalue weighted by Gasteiger charge is -2.10. The lowest BCUT2D eigenvalue weighted by molar-refractivity contribution is -0.123. The second kappa shape index (κ2) is 9.55. The van der Waals surface area contributed by atoms with Gasteiger partial charge in [-0.3, -0.25) is 14.9 Å². The van der Waals surface area contributed by atoms with Gasteiger partial charge in [0.25, 0.3) is 11.8 Å². The molecule has 33 heavy (non-hydrogen) atoms. The van der Waals surface area contributed by atoms with Gasteiger partial charge in [-0.2, -0.15) is 0 Å². The SMILES string of the molecule is Cc1sc2ncnc(Sc3ccccc3C(=O)OCC(=O)NC(=O)c3cccn3C)c2c1C. The molecule has 2 amide bonds. The van der Waals surface area contributed by atoms with Crippen molar-refractivity contribution in [3.05, 3.63) is 70.6 Å². The summed E-state index contributed by atoms with van der Waals surface area (Å²) < 4.78 is 6.76. The van der Waals surface area contributed by atoms with E-state index < -0.39 is 24.4 Å². The van der Waals surface area contributed by atoms with Crippen LogP contribution in [-0.2, 0) is 16.6 Å². The van der Waals surface area contributed by atoms with Crippen molar-refractivity contribution in [3.8, 4) is 0 Å². The Kier molecular flexibility index (Phi) is 6.57. The van der Waals surface area contributed by atoms with E-state index in [1.807, 2.05) is 19.9 Å². The maximum atomic E-state index is 12.7. The number of carbonyl (C=O) groups is 3. The number of fused-ring (bicyclic) bond motifs is 1. The van der Waals surface area contributed by atoms with Gasteiger partial charge < -0.3 is 9.30 Å². The molecule has 1 aromatic carbocycles. The van der Waals surface area contributed by atoms with Crippen molar-refractivity contribution in [2.24, 2.45) is 7.05 Å². The van der Waals surface area contributed by atoms with Gasteiger partial charge in [-0.15, -0.1) is 11.3 Å². The first-order chi connectivity index (χ1) is 15.8. The predicted molar refractivity (Wildman–Crippen MR) is 126 cm³/mol. The smallest absolute Gasteiger partial charge is 0.339 e. The fourth-order valence-electron chi connectivity index (χ4n) is 3.19. The van der Waals surface area contributed by atoms with E-state index in [1.165, 1.54) is 18.1 Å². The average molecular weight is 481 g/mol. The van der Waals surface area contributed by atoms with Crippen LogP contribution in [0.4, 0.5) is 0 Å². The number of hydrogen-bond acceptors (Lipinski definition) is 8. The van der Waals surface area contributed by atoms with E-state index in [9.17, 15) is 14.4 Å². The summed E-state index contributed by atoms with van der Waals surface area (Å²) >= 11 is 2.94. The number of aromatic nitrogens is 3. The van der Waals surface area contributed by atoms with Crippen molar-refractivity contribution in [3.63, 3.8) is 0 Å². The largest absolute Gasteiger partial charge is 0.452 e. The van der Waals surface area contributed by atoms with Crippen LogP contribution in [-0.4, -0.2) is 38.9 Å². The minimum atomic E-state index is -0.707. The molecule has 0 spiro atoms. The summed E-state index contributed by atoms with van der Waals surface area (Å²) in [5.41, 5.74) is 1.74. The van der Waals surface area contributed by atoms with Crippen molar-refractivity contribution in [2.45, 2.75) is 23.8 Å². The van der Waals surface area contributed by atoms with E-state index in [4.69, 9.17) is 4.74 Å². The van der Waals surface area contributed by atoms with Crippen LogP contribution in [0.25, 0.3) is 10.2 Å². The van der Waals surface area contributed by atoms with E-state index in [0.717, 1.165) is 25.7 Å². The van der Waals surface area contributed by atoms with Gasteiger partial charge in [-0.25, -0.2) is 14.8 Å². The van der Waals surface area contributed by atoms with Gasteiger partial charge in [0.15, 0.2) is 6.61 Å². The Morgan fingerprint density at radius 2 is 1.91 bits per heavy atom. The number of benzene rings is 1. The molecular formula is C23H20N4O4S2. The summed E-state index contributed by atoms with van der Waals surface area (Å²) in [5.74, 6) is -1.93. The number of hydrogen-bond donors (Lipinski definition) is 1. The monoisotopic (exact) mass is 480 g/mol. The number of imide groups is 1. The zero-order valence-electron chi connectivity index (χ0n) is 18.1. The first-order valence-electron chi connectivity index (χ1n) is 9.95. The Bertz CT molecular complexity index is 1380. The number of rotatable bonds is 6. The molecule has 3 heterocycles. The summed E-state index contributed by atoms with van der Waals surface area (Å²) in [6, 6.07) is 10.2. The topological polar surface area (TPSA) is 103 Å². The highest BCUT2D eigenvalue weighted by molar-refractivity contribution is 7.99. The number of nitrogens with one attached hydrogen (secondary N) is 1. The van der Waals surface area contributed by atoms with E-state index >= 15 is 0 Å². The quantitative estimate of drug-likeness (QED) is 0.330. The number of ether oxygens (including phenoxy) is 1. The standard InChI is InChI=1S/C23H20N4O4S2/c1-13-14(2)32-21-19(13)22(25-12-24-21)33-17-9-5-4-7-15(17)23(30)31-11-18(28)26-20(29)16-8-6-10-27(16)3/h4-10,12H,11H2,1-3H3,(H,26,28,29). The third kappa shape index (κ3) is 4.81. The Morgan fingerprint density at radius 3 is 2.67 bits per heavy atom. The van der Waals surface area contributed by atoms with Crippen molar-refractivity contribution >= 4 is 51.1 Å². The Hall–Kier alpha value is -3.50. The minimum Gasteiger partial charge on any atom is -0.452 e. The summed E-state index contributed by atoms with van der Waals surface area (Å²) in [6.45, 7) is 3.49. The van der Waals surface area contributed by atoms with E-state index in [0.29, 0.717) is 16.2 Å². The molecule has 10 heteroatoms. The fraction of sp³-hybridized carbons (Fsp3) is 0.174. The third-order valence-electron chi connectivity index (χ3n) is 5.01. The molecule has 8 nitrogen and oxygen atoms in total. The fourth-order valence-corrected chi connectivity index (χ4v) is 5.32. The Morgan fingerprint density at radius 1 is 1.12 bits per heavy atom. The van der Waals surface area contributed by atoms with Gasteiger partial charge in [0.1, 0.15) is 21.9 Å². The van der Waals surface area contributed by atoms with Gasteiger partial charge in [-0.05, 0) is 43.7 Å². The van der Waals surface area contributed by atoms with Crippen LogP contribution in [0.5, 0.6) is 0 Å². The molecule has 0 saturated heterocycles. The highest BCUT2D eigenvalue weighted by Gasteiger charge is 2.19. The number of amides is 2. The van der Waals surface area contributed by atoms with Crippen LogP contribution >= 0.6 is 23.1 Å². The van der Waals surface area contributed by atoms with E-state index in [1.54, 1.807) is 59.5 Å². The first-order valence-corrected chi connectivity index (χ1v) is 11.6. The van der Waals surface area contributed by atoms with Crippen LogP contribution in [0.2, 0.25) is 0 Å². The first kappa shape index (κ1) is 22.7. The molecule has 0 fully saturated rings. The van der Waals surface area contributed by atoms with Crippen LogP contribution in [0.15, 0.2) is 58.8 Å². The normalized spacial score (nSPS) is 10.9.